The van der Waals surface area contributed by atoms with E-state index in [9.17, 15) is 19.5 Å². The van der Waals surface area contributed by atoms with Crippen molar-refractivity contribution in [3.05, 3.63) is 101 Å². The van der Waals surface area contributed by atoms with E-state index in [1.807, 2.05) is 60.7 Å². The summed E-state index contributed by atoms with van der Waals surface area (Å²) in [4.78, 5) is 43.4. The molecule has 0 saturated carbocycles. The lowest BCUT2D eigenvalue weighted by atomic mass is 9.70. The number of nitrogens with one attached hydrogen (secondary N) is 2. The zero-order chi connectivity index (χ0) is 28.7. The van der Waals surface area contributed by atoms with Crippen molar-refractivity contribution in [1.82, 2.24) is 10.2 Å². The molecular formula is C31H29BrClN3O5. The Bertz CT molecular complexity index is 1440. The van der Waals surface area contributed by atoms with Gasteiger partial charge in [0.05, 0.1) is 30.6 Å². The van der Waals surface area contributed by atoms with Crippen LogP contribution in [0.15, 0.2) is 84.9 Å². The molecule has 3 fully saturated rings. The number of fused-ring (bicyclic) bond motifs is 1. The number of nitrogens with zero attached hydrogens (tertiary/aromatic N) is 1. The number of halogens is 2. The number of carbonyl (C=O) groups excluding carboxylic acids is 3. The van der Waals surface area contributed by atoms with Gasteiger partial charge < -0.3 is 25.4 Å². The Hall–Kier alpha value is -3.24. The molecule has 6 rings (SSSR count). The third-order valence-electron chi connectivity index (χ3n) is 8.39. The number of ether oxygens (including phenoxy) is 1. The van der Waals surface area contributed by atoms with Gasteiger partial charge in [0.25, 0.3) is 0 Å². The molecule has 3 aromatic carbocycles. The molecule has 3 aliphatic rings. The zero-order valence-electron chi connectivity index (χ0n) is 22.0. The summed E-state index contributed by atoms with van der Waals surface area (Å²) in [5.74, 6) is -2.84. The van der Waals surface area contributed by atoms with Crippen LogP contribution in [0.25, 0.3) is 0 Å². The number of hydrogen-bond donors (Lipinski definition) is 3. The van der Waals surface area contributed by atoms with Crippen LogP contribution in [0.3, 0.4) is 0 Å². The number of likely N-dealkylation sites (tertiary alicyclic amines) is 1. The summed E-state index contributed by atoms with van der Waals surface area (Å²) >= 11 is 9.73. The van der Waals surface area contributed by atoms with Crippen LogP contribution in [-0.4, -0.2) is 56.9 Å². The SMILES string of the molecule is O=C(Nc1ccc(Cl)cc1)C1N([C@H](CO)c2ccccc2)C(=O)[C@@H]2[C@@H](C(=O)NCc3ccccc3)[C@@H]3OC12CC3Br. The van der Waals surface area contributed by atoms with Crippen molar-refractivity contribution < 1.29 is 24.2 Å². The number of anilines is 1. The van der Waals surface area contributed by atoms with Crippen molar-refractivity contribution >= 4 is 50.9 Å². The van der Waals surface area contributed by atoms with Crippen molar-refractivity contribution in [2.24, 2.45) is 11.8 Å². The van der Waals surface area contributed by atoms with Crippen LogP contribution >= 0.6 is 27.5 Å². The first kappa shape index (κ1) is 27.9. The number of rotatable bonds is 8. The van der Waals surface area contributed by atoms with Crippen molar-refractivity contribution in [2.75, 3.05) is 11.9 Å². The van der Waals surface area contributed by atoms with Gasteiger partial charge in [-0.3, -0.25) is 14.4 Å². The van der Waals surface area contributed by atoms with Gasteiger partial charge in [-0.15, -0.1) is 0 Å². The normalized spacial score (nSPS) is 28.8. The van der Waals surface area contributed by atoms with Crippen molar-refractivity contribution in [1.29, 1.82) is 0 Å². The van der Waals surface area contributed by atoms with Crippen LogP contribution in [-0.2, 0) is 25.7 Å². The third-order valence-corrected chi connectivity index (χ3v) is 9.49. The van der Waals surface area contributed by atoms with E-state index in [4.69, 9.17) is 16.3 Å². The Morgan fingerprint density at radius 1 is 1.02 bits per heavy atom. The van der Waals surface area contributed by atoms with Crippen LogP contribution in [0.4, 0.5) is 5.69 Å². The number of hydrogen-bond acceptors (Lipinski definition) is 5. The van der Waals surface area contributed by atoms with E-state index in [1.165, 1.54) is 4.90 Å². The summed E-state index contributed by atoms with van der Waals surface area (Å²) in [6.07, 6.45) is -0.226. The molecule has 3 aliphatic heterocycles. The lowest BCUT2D eigenvalue weighted by Gasteiger charge is -2.37. The number of amides is 3. The van der Waals surface area contributed by atoms with Crippen LogP contribution in [0.5, 0.6) is 0 Å². The minimum Gasteiger partial charge on any atom is -0.394 e. The Kier molecular flexibility index (Phi) is 7.63. The quantitative estimate of drug-likeness (QED) is 0.323. The van der Waals surface area contributed by atoms with E-state index in [0.29, 0.717) is 29.2 Å². The summed E-state index contributed by atoms with van der Waals surface area (Å²) in [5, 5.41) is 17.0. The largest absolute Gasteiger partial charge is 0.394 e. The Morgan fingerprint density at radius 2 is 1.68 bits per heavy atom. The predicted octanol–water partition coefficient (Wildman–Crippen LogP) is 4.08. The van der Waals surface area contributed by atoms with Crippen molar-refractivity contribution in [3.63, 3.8) is 0 Å². The van der Waals surface area contributed by atoms with Gasteiger partial charge in [-0.1, -0.05) is 88.2 Å². The van der Waals surface area contributed by atoms with Gasteiger partial charge in [-0.25, -0.2) is 0 Å². The van der Waals surface area contributed by atoms with Gasteiger partial charge in [-0.2, -0.15) is 0 Å². The van der Waals surface area contributed by atoms with Gasteiger partial charge >= 0.3 is 0 Å². The molecular weight excluding hydrogens is 610 g/mol. The minimum atomic E-state index is -1.26. The highest BCUT2D eigenvalue weighted by Gasteiger charge is 2.77. The van der Waals surface area contributed by atoms with E-state index in [1.54, 1.807) is 24.3 Å². The first-order valence-electron chi connectivity index (χ1n) is 13.5. The molecule has 7 atom stereocenters. The maximum Gasteiger partial charge on any atom is 0.250 e. The monoisotopic (exact) mass is 637 g/mol. The number of alkyl halides is 1. The summed E-state index contributed by atoms with van der Waals surface area (Å²) in [7, 11) is 0. The van der Waals surface area contributed by atoms with Gasteiger partial charge in [0.15, 0.2) is 0 Å². The Morgan fingerprint density at radius 3 is 2.34 bits per heavy atom. The summed E-state index contributed by atoms with van der Waals surface area (Å²) in [5.41, 5.74) is 0.855. The number of benzene rings is 3. The Balaban J connectivity index is 1.38. The highest BCUT2D eigenvalue weighted by atomic mass is 79.9. The number of aliphatic hydroxyl groups excluding tert-OH is 1. The fourth-order valence-electron chi connectivity index (χ4n) is 6.68. The molecule has 0 aliphatic carbocycles. The second kappa shape index (κ2) is 11.2. The molecule has 8 nitrogen and oxygen atoms in total. The molecule has 3 amide bonds. The molecule has 3 N–H and O–H groups in total. The standard InChI is InChI=1S/C31H29BrClN3O5/c32-22-15-31-25(24(26(22)41-31)28(38)34-16-18-7-3-1-4-8-18)30(40)36(23(17-37)19-9-5-2-6-10-19)27(31)29(39)35-21-13-11-20(33)12-14-21/h1-14,22-27,37H,15-17H2,(H,34,38)(H,35,39)/t22?,23-,24-,25+,26-,27?,31?/m1/s1. The first-order chi connectivity index (χ1) is 19.8. The van der Waals surface area contributed by atoms with E-state index < -0.39 is 48.1 Å². The minimum absolute atomic E-state index is 0.242. The lowest BCUT2D eigenvalue weighted by molar-refractivity contribution is -0.144. The second-order valence-electron chi connectivity index (χ2n) is 10.7. The highest BCUT2D eigenvalue weighted by molar-refractivity contribution is 9.09. The number of carbonyl (C=O) groups is 3. The van der Waals surface area contributed by atoms with Gasteiger partial charge in [0.1, 0.15) is 11.6 Å². The lowest BCUT2D eigenvalue weighted by Crippen LogP contribution is -2.55. The molecule has 0 radical (unpaired) electrons. The van der Waals surface area contributed by atoms with Crippen LogP contribution < -0.4 is 10.6 Å². The van der Waals surface area contributed by atoms with E-state index in [2.05, 4.69) is 26.6 Å². The molecule has 2 bridgehead atoms. The highest BCUT2D eigenvalue weighted by Crippen LogP contribution is 2.61. The van der Waals surface area contributed by atoms with Gasteiger partial charge in [-0.05, 0) is 41.8 Å². The van der Waals surface area contributed by atoms with Crippen molar-refractivity contribution in [3.8, 4) is 0 Å². The predicted molar refractivity (Wildman–Crippen MR) is 157 cm³/mol. The molecule has 3 aromatic rings. The molecule has 212 valence electrons. The molecule has 10 heteroatoms. The molecule has 3 unspecified atom stereocenters. The maximum atomic E-state index is 14.4. The fourth-order valence-corrected chi connectivity index (χ4v) is 7.75. The molecule has 0 aromatic heterocycles. The molecule has 1 spiro atoms. The summed E-state index contributed by atoms with van der Waals surface area (Å²) in [6.45, 7) is -0.105. The summed E-state index contributed by atoms with van der Waals surface area (Å²) in [6, 6.07) is 23.4. The average Bonchev–Trinajstić information content (AvgIpc) is 3.58. The third kappa shape index (κ3) is 4.84. The maximum absolute atomic E-state index is 14.4. The smallest absolute Gasteiger partial charge is 0.250 e. The van der Waals surface area contributed by atoms with Crippen LogP contribution in [0, 0.1) is 11.8 Å². The topological polar surface area (TPSA) is 108 Å². The zero-order valence-corrected chi connectivity index (χ0v) is 24.3. The van der Waals surface area contributed by atoms with E-state index in [0.717, 1.165) is 5.56 Å². The summed E-state index contributed by atoms with van der Waals surface area (Å²) < 4.78 is 6.57. The van der Waals surface area contributed by atoms with Crippen LogP contribution in [0.1, 0.15) is 23.6 Å². The molecule has 41 heavy (non-hydrogen) atoms. The fraction of sp³-hybridized carbons (Fsp3) is 0.323. The average molecular weight is 639 g/mol. The first-order valence-corrected chi connectivity index (χ1v) is 14.8. The molecule has 3 heterocycles. The Labute approximate surface area is 251 Å². The number of aliphatic hydroxyl groups is 1. The van der Waals surface area contributed by atoms with E-state index >= 15 is 0 Å². The van der Waals surface area contributed by atoms with Crippen LogP contribution in [0.2, 0.25) is 5.02 Å². The molecule has 3 saturated heterocycles. The van der Waals surface area contributed by atoms with E-state index in [-0.39, 0.29) is 16.6 Å². The van der Waals surface area contributed by atoms with Gasteiger partial charge in [0.2, 0.25) is 17.7 Å². The second-order valence-corrected chi connectivity index (χ2v) is 12.3. The van der Waals surface area contributed by atoms with Crippen molar-refractivity contribution in [2.45, 2.75) is 41.6 Å². The van der Waals surface area contributed by atoms with Gasteiger partial charge in [0, 0.05) is 22.1 Å².